The first-order chi connectivity index (χ1) is 9.63. The van der Waals surface area contributed by atoms with Crippen molar-refractivity contribution in [1.29, 1.82) is 0 Å². The van der Waals surface area contributed by atoms with E-state index in [0.717, 1.165) is 5.56 Å². The zero-order valence-electron chi connectivity index (χ0n) is 12.3. The Hall–Kier alpha value is -1.56. The molecular formula is C15H20F3NO2. The first-order valence-corrected chi connectivity index (χ1v) is 6.62. The van der Waals surface area contributed by atoms with E-state index >= 15 is 0 Å². The lowest BCUT2D eigenvalue weighted by molar-refractivity contribution is -0.175. The van der Waals surface area contributed by atoms with Crippen molar-refractivity contribution in [3.05, 3.63) is 35.9 Å². The molecule has 118 valence electrons. The minimum atomic E-state index is -4.42. The molecule has 0 heterocycles. The summed E-state index contributed by atoms with van der Waals surface area (Å²) in [6.45, 7) is 3.72. The largest absolute Gasteiger partial charge is 0.411 e. The van der Waals surface area contributed by atoms with Gasteiger partial charge in [0.1, 0.15) is 13.2 Å². The molecule has 0 aliphatic rings. The monoisotopic (exact) mass is 303 g/mol. The SMILES string of the molecule is C[C@@H](NC(=O)COCC(F)(F)F)C(C)(C)c1ccccc1. The Kier molecular flexibility index (Phi) is 5.78. The standard InChI is InChI=1S/C15H20F3NO2/c1-11(14(2,3)12-7-5-4-6-8-12)19-13(20)9-21-10-15(16,17)18/h4-8,11H,9-10H2,1-3H3,(H,19,20)/t11-/m1/s1. The number of ether oxygens (including phenoxy) is 1. The van der Waals surface area contributed by atoms with Crippen LogP contribution >= 0.6 is 0 Å². The van der Waals surface area contributed by atoms with Gasteiger partial charge in [0.15, 0.2) is 0 Å². The van der Waals surface area contributed by atoms with Crippen LogP contribution in [0.4, 0.5) is 13.2 Å². The highest BCUT2D eigenvalue weighted by Gasteiger charge is 2.30. The minimum Gasteiger partial charge on any atom is -0.362 e. The highest BCUT2D eigenvalue weighted by molar-refractivity contribution is 5.77. The smallest absolute Gasteiger partial charge is 0.362 e. The van der Waals surface area contributed by atoms with Gasteiger partial charge in [0.2, 0.25) is 5.91 Å². The summed E-state index contributed by atoms with van der Waals surface area (Å²) in [5, 5.41) is 2.67. The summed E-state index contributed by atoms with van der Waals surface area (Å²) in [7, 11) is 0. The Bertz CT molecular complexity index is 458. The Morgan fingerprint density at radius 3 is 2.33 bits per heavy atom. The third kappa shape index (κ3) is 5.75. The van der Waals surface area contributed by atoms with Gasteiger partial charge in [-0.25, -0.2) is 0 Å². The Morgan fingerprint density at radius 1 is 1.24 bits per heavy atom. The molecule has 0 saturated carbocycles. The summed E-state index contributed by atoms with van der Waals surface area (Å²) in [4.78, 5) is 11.6. The number of amides is 1. The summed E-state index contributed by atoms with van der Waals surface area (Å²) in [6, 6.07) is 9.34. The molecule has 0 fully saturated rings. The van der Waals surface area contributed by atoms with Gasteiger partial charge in [-0.15, -0.1) is 0 Å². The normalized spacial score (nSPS) is 13.8. The van der Waals surface area contributed by atoms with Crippen LogP contribution in [0.2, 0.25) is 0 Å². The summed E-state index contributed by atoms with van der Waals surface area (Å²) >= 11 is 0. The number of halogens is 3. The van der Waals surface area contributed by atoms with Crippen LogP contribution in [0.1, 0.15) is 26.3 Å². The molecule has 0 unspecified atom stereocenters. The van der Waals surface area contributed by atoms with Gasteiger partial charge in [-0.3, -0.25) is 4.79 Å². The van der Waals surface area contributed by atoms with E-state index in [1.807, 2.05) is 51.1 Å². The molecule has 0 spiro atoms. The summed E-state index contributed by atoms with van der Waals surface area (Å²) < 4.78 is 40.1. The maximum absolute atomic E-state index is 11.9. The lowest BCUT2D eigenvalue weighted by Crippen LogP contribution is -2.46. The molecule has 1 atom stereocenters. The van der Waals surface area contributed by atoms with Crippen LogP contribution in [-0.4, -0.2) is 31.3 Å². The Balaban J connectivity index is 2.52. The average Bonchev–Trinajstić information content (AvgIpc) is 2.38. The van der Waals surface area contributed by atoms with Gasteiger partial charge in [0, 0.05) is 11.5 Å². The van der Waals surface area contributed by atoms with E-state index in [4.69, 9.17) is 0 Å². The third-order valence-electron chi connectivity index (χ3n) is 3.48. The van der Waals surface area contributed by atoms with E-state index < -0.39 is 25.3 Å². The van der Waals surface area contributed by atoms with Crippen molar-refractivity contribution in [2.24, 2.45) is 0 Å². The molecule has 1 aromatic carbocycles. The topological polar surface area (TPSA) is 38.3 Å². The summed E-state index contributed by atoms with van der Waals surface area (Å²) in [6.07, 6.45) is -4.42. The lowest BCUT2D eigenvalue weighted by Gasteiger charge is -2.33. The number of hydrogen-bond acceptors (Lipinski definition) is 2. The lowest BCUT2D eigenvalue weighted by atomic mass is 9.78. The molecule has 21 heavy (non-hydrogen) atoms. The fourth-order valence-electron chi connectivity index (χ4n) is 1.84. The number of carbonyl (C=O) groups is 1. The van der Waals surface area contributed by atoms with E-state index in [2.05, 4.69) is 10.1 Å². The summed E-state index contributed by atoms with van der Waals surface area (Å²) in [5.41, 5.74) is 0.690. The molecular weight excluding hydrogens is 283 g/mol. The van der Waals surface area contributed by atoms with Crippen LogP contribution < -0.4 is 5.32 Å². The summed E-state index contributed by atoms with van der Waals surface area (Å²) in [5.74, 6) is -0.559. The van der Waals surface area contributed by atoms with Crippen molar-refractivity contribution in [3.63, 3.8) is 0 Å². The Labute approximate surface area is 122 Å². The fourth-order valence-corrected chi connectivity index (χ4v) is 1.84. The van der Waals surface area contributed by atoms with Gasteiger partial charge in [-0.05, 0) is 12.5 Å². The molecule has 0 aliphatic carbocycles. The van der Waals surface area contributed by atoms with E-state index in [1.54, 1.807) is 0 Å². The van der Waals surface area contributed by atoms with Crippen LogP contribution in [0.5, 0.6) is 0 Å². The highest BCUT2D eigenvalue weighted by Crippen LogP contribution is 2.26. The van der Waals surface area contributed by atoms with E-state index in [9.17, 15) is 18.0 Å². The van der Waals surface area contributed by atoms with Gasteiger partial charge >= 0.3 is 6.18 Å². The number of rotatable bonds is 6. The van der Waals surface area contributed by atoms with Crippen molar-refractivity contribution in [1.82, 2.24) is 5.32 Å². The number of hydrogen-bond donors (Lipinski definition) is 1. The van der Waals surface area contributed by atoms with Gasteiger partial charge in [-0.1, -0.05) is 44.2 Å². The number of alkyl halides is 3. The first-order valence-electron chi connectivity index (χ1n) is 6.62. The van der Waals surface area contributed by atoms with Gasteiger partial charge in [-0.2, -0.15) is 13.2 Å². The Morgan fingerprint density at radius 2 is 1.81 bits per heavy atom. The van der Waals surface area contributed by atoms with Gasteiger partial charge < -0.3 is 10.1 Å². The molecule has 3 nitrogen and oxygen atoms in total. The van der Waals surface area contributed by atoms with Crippen molar-refractivity contribution < 1.29 is 22.7 Å². The molecule has 6 heteroatoms. The van der Waals surface area contributed by atoms with E-state index in [0.29, 0.717) is 0 Å². The predicted octanol–water partition coefficient (Wildman–Crippen LogP) is 3.05. The van der Waals surface area contributed by atoms with Crippen LogP contribution in [-0.2, 0) is 14.9 Å². The second-order valence-corrected chi connectivity index (χ2v) is 5.48. The van der Waals surface area contributed by atoms with Crippen LogP contribution in [0.25, 0.3) is 0 Å². The second kappa shape index (κ2) is 6.93. The third-order valence-corrected chi connectivity index (χ3v) is 3.48. The van der Waals surface area contributed by atoms with Crippen molar-refractivity contribution in [3.8, 4) is 0 Å². The highest BCUT2D eigenvalue weighted by atomic mass is 19.4. The van der Waals surface area contributed by atoms with Gasteiger partial charge in [0.25, 0.3) is 0 Å². The zero-order chi connectivity index (χ0) is 16.1. The van der Waals surface area contributed by atoms with Crippen molar-refractivity contribution >= 4 is 5.91 Å². The van der Waals surface area contributed by atoms with E-state index in [1.165, 1.54) is 0 Å². The molecule has 0 aliphatic heterocycles. The fraction of sp³-hybridized carbons (Fsp3) is 0.533. The molecule has 0 aromatic heterocycles. The van der Waals surface area contributed by atoms with Crippen LogP contribution in [0.3, 0.4) is 0 Å². The van der Waals surface area contributed by atoms with E-state index in [-0.39, 0.29) is 11.5 Å². The zero-order valence-corrected chi connectivity index (χ0v) is 12.3. The minimum absolute atomic E-state index is 0.248. The van der Waals surface area contributed by atoms with Gasteiger partial charge in [0.05, 0.1) is 0 Å². The molecule has 0 radical (unpaired) electrons. The molecule has 0 bridgehead atoms. The molecule has 1 amide bonds. The quantitative estimate of drug-likeness (QED) is 0.877. The second-order valence-electron chi connectivity index (χ2n) is 5.48. The number of benzene rings is 1. The van der Waals surface area contributed by atoms with Crippen LogP contribution in [0.15, 0.2) is 30.3 Å². The average molecular weight is 303 g/mol. The molecule has 1 aromatic rings. The molecule has 1 N–H and O–H groups in total. The predicted molar refractivity (Wildman–Crippen MR) is 73.9 cm³/mol. The first kappa shape index (κ1) is 17.5. The molecule has 1 rings (SSSR count). The van der Waals surface area contributed by atoms with Crippen molar-refractivity contribution in [2.45, 2.75) is 38.4 Å². The van der Waals surface area contributed by atoms with Crippen molar-refractivity contribution in [2.75, 3.05) is 13.2 Å². The maximum Gasteiger partial charge on any atom is 0.411 e. The van der Waals surface area contributed by atoms with Crippen LogP contribution in [0, 0.1) is 0 Å². The number of nitrogens with one attached hydrogen (secondary N) is 1. The number of carbonyl (C=O) groups excluding carboxylic acids is 1. The maximum atomic E-state index is 11.9. The molecule has 0 saturated heterocycles.